The average molecular weight is 290 g/mol. The minimum absolute atomic E-state index is 0.0600. The minimum atomic E-state index is -0.970. The van der Waals surface area contributed by atoms with Crippen molar-refractivity contribution in [2.24, 2.45) is 5.92 Å². The lowest BCUT2D eigenvalue weighted by molar-refractivity contribution is -0.146. The summed E-state index contributed by atoms with van der Waals surface area (Å²) in [6.07, 6.45) is 1.82. The number of hydrogen-bond acceptors (Lipinski definition) is 3. The van der Waals surface area contributed by atoms with Crippen LogP contribution < -0.4 is 0 Å². The van der Waals surface area contributed by atoms with Crippen LogP contribution in [-0.4, -0.2) is 53.5 Å². The van der Waals surface area contributed by atoms with E-state index in [4.69, 9.17) is 5.11 Å². The molecule has 1 N–H and O–H groups in total. The number of hydrogen-bond donors (Lipinski definition) is 1. The highest BCUT2D eigenvalue weighted by Gasteiger charge is 2.28. The first-order valence-corrected chi connectivity index (χ1v) is 7.29. The largest absolute Gasteiger partial charge is 0.480 e. The first-order valence-electron chi connectivity index (χ1n) is 7.29. The van der Waals surface area contributed by atoms with E-state index in [1.165, 1.54) is 10.5 Å². The lowest BCUT2D eigenvalue weighted by Crippen LogP contribution is -2.44. The molecule has 0 aromatic heterocycles. The normalized spacial score (nSPS) is 19.2. The Hall–Kier alpha value is -1.88. The number of piperidine rings is 1. The number of amides is 1. The molecule has 0 aliphatic carbocycles. The van der Waals surface area contributed by atoms with E-state index in [0.29, 0.717) is 6.54 Å². The first kappa shape index (κ1) is 15.5. The standard InChI is InChI=1S/C16H22N2O3/c1-17(12-15(19)20)16(21)14-8-5-9-18(11-14)10-13-6-3-2-4-7-13/h2-4,6-7,14H,5,8-12H2,1H3,(H,19,20)/t14-/m1/s1. The molecule has 0 saturated carbocycles. The molecule has 1 aromatic carbocycles. The van der Waals surface area contributed by atoms with Crippen LogP contribution in [0.25, 0.3) is 0 Å². The van der Waals surface area contributed by atoms with Crippen molar-refractivity contribution in [3.63, 3.8) is 0 Å². The molecule has 1 aliphatic rings. The molecule has 2 rings (SSSR count). The monoisotopic (exact) mass is 290 g/mol. The van der Waals surface area contributed by atoms with Crippen LogP contribution in [0, 0.1) is 5.92 Å². The number of nitrogens with zero attached hydrogens (tertiary/aromatic N) is 2. The van der Waals surface area contributed by atoms with Crippen LogP contribution in [0.15, 0.2) is 30.3 Å². The third-order valence-corrected chi connectivity index (χ3v) is 3.85. The van der Waals surface area contributed by atoms with Gasteiger partial charge in [-0.05, 0) is 24.9 Å². The fourth-order valence-electron chi connectivity index (χ4n) is 2.83. The van der Waals surface area contributed by atoms with Gasteiger partial charge in [-0.2, -0.15) is 0 Å². The molecule has 1 aliphatic heterocycles. The number of rotatable bonds is 5. The quantitative estimate of drug-likeness (QED) is 0.891. The predicted octanol–water partition coefficient (Wildman–Crippen LogP) is 1.44. The summed E-state index contributed by atoms with van der Waals surface area (Å²) in [5.74, 6) is -1.12. The van der Waals surface area contributed by atoms with Crippen LogP contribution >= 0.6 is 0 Å². The van der Waals surface area contributed by atoms with Crippen molar-refractivity contribution in [1.29, 1.82) is 0 Å². The van der Waals surface area contributed by atoms with Gasteiger partial charge in [-0.15, -0.1) is 0 Å². The summed E-state index contributed by atoms with van der Waals surface area (Å²) in [5.41, 5.74) is 1.24. The zero-order valence-electron chi connectivity index (χ0n) is 12.4. The molecule has 1 atom stereocenters. The maximum Gasteiger partial charge on any atom is 0.323 e. The number of aliphatic carboxylic acids is 1. The zero-order valence-corrected chi connectivity index (χ0v) is 12.4. The predicted molar refractivity (Wildman–Crippen MR) is 79.7 cm³/mol. The Morgan fingerprint density at radius 1 is 1.33 bits per heavy atom. The van der Waals surface area contributed by atoms with Crippen LogP contribution in [0.4, 0.5) is 0 Å². The number of likely N-dealkylation sites (N-methyl/N-ethyl adjacent to an activating group) is 1. The van der Waals surface area contributed by atoms with E-state index in [9.17, 15) is 9.59 Å². The first-order chi connectivity index (χ1) is 10.1. The molecular weight excluding hydrogens is 268 g/mol. The number of carboxylic acid groups (broad SMARTS) is 1. The lowest BCUT2D eigenvalue weighted by Gasteiger charge is -2.33. The van der Waals surface area contributed by atoms with Gasteiger partial charge in [0, 0.05) is 20.1 Å². The van der Waals surface area contributed by atoms with E-state index >= 15 is 0 Å². The van der Waals surface area contributed by atoms with Crippen molar-refractivity contribution in [2.45, 2.75) is 19.4 Å². The number of benzene rings is 1. The van der Waals surface area contributed by atoms with E-state index in [1.807, 2.05) is 18.2 Å². The van der Waals surface area contributed by atoms with Crippen LogP contribution in [0.3, 0.4) is 0 Å². The summed E-state index contributed by atoms with van der Waals surface area (Å²) in [4.78, 5) is 26.6. The summed E-state index contributed by atoms with van der Waals surface area (Å²) in [5, 5.41) is 8.77. The molecule has 21 heavy (non-hydrogen) atoms. The summed E-state index contributed by atoms with van der Waals surface area (Å²) < 4.78 is 0. The minimum Gasteiger partial charge on any atom is -0.480 e. The van der Waals surface area contributed by atoms with E-state index in [-0.39, 0.29) is 18.4 Å². The van der Waals surface area contributed by atoms with Gasteiger partial charge in [0.1, 0.15) is 6.54 Å². The summed E-state index contributed by atoms with van der Waals surface area (Å²) in [6, 6.07) is 10.2. The molecule has 5 heteroatoms. The topological polar surface area (TPSA) is 60.9 Å². The Bertz CT molecular complexity index is 490. The maximum absolute atomic E-state index is 12.3. The molecule has 1 fully saturated rings. The van der Waals surface area contributed by atoms with Crippen molar-refractivity contribution in [3.8, 4) is 0 Å². The molecule has 114 valence electrons. The SMILES string of the molecule is CN(CC(=O)O)C(=O)[C@@H]1CCCN(Cc2ccccc2)C1. The van der Waals surface area contributed by atoms with Gasteiger partial charge in [-0.1, -0.05) is 30.3 Å². The second-order valence-electron chi connectivity index (χ2n) is 5.65. The molecule has 5 nitrogen and oxygen atoms in total. The molecule has 1 heterocycles. The molecule has 1 aromatic rings. The summed E-state index contributed by atoms with van der Waals surface area (Å²) in [7, 11) is 1.56. The number of carbonyl (C=O) groups excluding carboxylic acids is 1. The highest BCUT2D eigenvalue weighted by atomic mass is 16.4. The number of carboxylic acids is 1. The lowest BCUT2D eigenvalue weighted by atomic mass is 9.96. The van der Waals surface area contributed by atoms with Crippen LogP contribution in [0.2, 0.25) is 0 Å². The number of carbonyl (C=O) groups is 2. The van der Waals surface area contributed by atoms with Gasteiger partial charge in [0.25, 0.3) is 0 Å². The highest BCUT2D eigenvalue weighted by molar-refractivity contribution is 5.83. The third-order valence-electron chi connectivity index (χ3n) is 3.85. The molecular formula is C16H22N2O3. The fourth-order valence-corrected chi connectivity index (χ4v) is 2.83. The Labute approximate surface area is 125 Å². The van der Waals surface area contributed by atoms with Gasteiger partial charge >= 0.3 is 5.97 Å². The molecule has 0 radical (unpaired) electrons. The third kappa shape index (κ3) is 4.56. The van der Waals surface area contributed by atoms with E-state index in [0.717, 1.165) is 25.9 Å². The maximum atomic E-state index is 12.3. The van der Waals surface area contributed by atoms with Crippen LogP contribution in [0.1, 0.15) is 18.4 Å². The van der Waals surface area contributed by atoms with Crippen LogP contribution in [0.5, 0.6) is 0 Å². The van der Waals surface area contributed by atoms with E-state index in [1.54, 1.807) is 7.05 Å². The summed E-state index contributed by atoms with van der Waals surface area (Å²) >= 11 is 0. The van der Waals surface area contributed by atoms with E-state index in [2.05, 4.69) is 17.0 Å². The van der Waals surface area contributed by atoms with Crippen molar-refractivity contribution in [3.05, 3.63) is 35.9 Å². The zero-order chi connectivity index (χ0) is 15.2. The highest BCUT2D eigenvalue weighted by Crippen LogP contribution is 2.20. The van der Waals surface area contributed by atoms with Gasteiger partial charge in [0.05, 0.1) is 5.92 Å². The Morgan fingerprint density at radius 3 is 2.71 bits per heavy atom. The van der Waals surface area contributed by atoms with E-state index < -0.39 is 5.97 Å². The smallest absolute Gasteiger partial charge is 0.323 e. The van der Waals surface area contributed by atoms with Crippen molar-refractivity contribution >= 4 is 11.9 Å². The molecule has 0 spiro atoms. The van der Waals surface area contributed by atoms with Crippen molar-refractivity contribution in [1.82, 2.24) is 9.80 Å². The fraction of sp³-hybridized carbons (Fsp3) is 0.500. The molecule has 0 bridgehead atoms. The van der Waals surface area contributed by atoms with Crippen molar-refractivity contribution in [2.75, 3.05) is 26.7 Å². The van der Waals surface area contributed by atoms with Gasteiger partial charge in [0.15, 0.2) is 0 Å². The van der Waals surface area contributed by atoms with Gasteiger partial charge in [-0.3, -0.25) is 14.5 Å². The van der Waals surface area contributed by atoms with Crippen LogP contribution in [-0.2, 0) is 16.1 Å². The Morgan fingerprint density at radius 2 is 2.05 bits per heavy atom. The molecule has 0 unspecified atom stereocenters. The Balaban J connectivity index is 1.91. The van der Waals surface area contributed by atoms with Gasteiger partial charge in [-0.25, -0.2) is 0 Å². The second-order valence-corrected chi connectivity index (χ2v) is 5.65. The van der Waals surface area contributed by atoms with Gasteiger partial charge in [0.2, 0.25) is 5.91 Å². The van der Waals surface area contributed by atoms with Gasteiger partial charge < -0.3 is 10.0 Å². The second kappa shape index (κ2) is 7.22. The molecule has 1 saturated heterocycles. The Kier molecular flexibility index (Phi) is 5.33. The summed E-state index contributed by atoms with van der Waals surface area (Å²) in [6.45, 7) is 2.31. The van der Waals surface area contributed by atoms with Crippen molar-refractivity contribution < 1.29 is 14.7 Å². The average Bonchev–Trinajstić information content (AvgIpc) is 2.47. The molecule has 1 amide bonds. The number of likely N-dealkylation sites (tertiary alicyclic amines) is 1.